The molecule has 5 nitrogen and oxygen atoms in total. The Hall–Kier alpha value is -1.59. The van der Waals surface area contributed by atoms with Gasteiger partial charge in [-0.1, -0.05) is 26.0 Å². The minimum atomic E-state index is -0.789. The third-order valence-electron chi connectivity index (χ3n) is 3.35. The molecule has 0 fully saturated rings. The predicted octanol–water partition coefficient (Wildman–Crippen LogP) is 1.33. The van der Waals surface area contributed by atoms with Crippen LogP contribution in [0.3, 0.4) is 0 Å². The standard InChI is InChI=1S/C15H23NO4/c1-10(14(17)11(2)15(16)18)8-20-9-12-4-6-13(19-3)7-5-12/h4-7,10-11,14,17H,8-9H2,1-3H3,(H2,16,18). The molecule has 0 aromatic heterocycles. The molecule has 0 heterocycles. The second-order valence-corrected chi connectivity index (χ2v) is 5.02. The first kappa shape index (κ1) is 16.5. The van der Waals surface area contributed by atoms with Crippen molar-refractivity contribution < 1.29 is 19.4 Å². The number of aliphatic hydroxyl groups is 1. The van der Waals surface area contributed by atoms with Crippen molar-refractivity contribution in [3.8, 4) is 5.75 Å². The number of carbonyl (C=O) groups excluding carboxylic acids is 1. The fourth-order valence-corrected chi connectivity index (χ4v) is 1.84. The van der Waals surface area contributed by atoms with Crippen LogP contribution in [-0.2, 0) is 16.1 Å². The fraction of sp³-hybridized carbons (Fsp3) is 0.533. The van der Waals surface area contributed by atoms with E-state index in [0.29, 0.717) is 13.2 Å². The number of benzene rings is 1. The zero-order valence-corrected chi connectivity index (χ0v) is 12.2. The molecular weight excluding hydrogens is 258 g/mol. The number of nitrogens with two attached hydrogens (primary N) is 1. The largest absolute Gasteiger partial charge is 0.497 e. The second kappa shape index (κ2) is 7.87. The number of methoxy groups -OCH3 is 1. The highest BCUT2D eigenvalue weighted by atomic mass is 16.5. The van der Waals surface area contributed by atoms with Gasteiger partial charge in [-0.25, -0.2) is 0 Å². The molecule has 0 aliphatic rings. The Morgan fingerprint density at radius 2 is 1.90 bits per heavy atom. The molecule has 3 atom stereocenters. The molecule has 1 aromatic rings. The first-order valence-corrected chi connectivity index (χ1v) is 6.63. The predicted molar refractivity (Wildman–Crippen MR) is 76.2 cm³/mol. The van der Waals surface area contributed by atoms with Gasteiger partial charge in [0.05, 0.1) is 32.3 Å². The van der Waals surface area contributed by atoms with Crippen molar-refractivity contribution in [1.82, 2.24) is 0 Å². The average molecular weight is 281 g/mol. The lowest BCUT2D eigenvalue weighted by atomic mass is 9.93. The summed E-state index contributed by atoms with van der Waals surface area (Å²) in [6, 6.07) is 7.58. The Labute approximate surface area is 119 Å². The third-order valence-corrected chi connectivity index (χ3v) is 3.35. The minimum Gasteiger partial charge on any atom is -0.497 e. The van der Waals surface area contributed by atoms with E-state index in [9.17, 15) is 9.90 Å². The molecule has 0 aliphatic carbocycles. The van der Waals surface area contributed by atoms with E-state index in [1.165, 1.54) is 0 Å². The van der Waals surface area contributed by atoms with Crippen molar-refractivity contribution in [3.05, 3.63) is 29.8 Å². The van der Waals surface area contributed by atoms with Crippen LogP contribution in [0.4, 0.5) is 0 Å². The van der Waals surface area contributed by atoms with E-state index >= 15 is 0 Å². The Balaban J connectivity index is 2.37. The average Bonchev–Trinajstić information content (AvgIpc) is 2.46. The maximum atomic E-state index is 11.0. The van der Waals surface area contributed by atoms with Gasteiger partial charge in [0.1, 0.15) is 5.75 Å². The van der Waals surface area contributed by atoms with Crippen molar-refractivity contribution in [2.45, 2.75) is 26.6 Å². The number of primary amides is 1. The van der Waals surface area contributed by atoms with Crippen LogP contribution in [0.1, 0.15) is 19.4 Å². The summed E-state index contributed by atoms with van der Waals surface area (Å²) in [4.78, 5) is 11.0. The van der Waals surface area contributed by atoms with Gasteiger partial charge in [0.25, 0.3) is 0 Å². The minimum absolute atomic E-state index is 0.157. The van der Waals surface area contributed by atoms with Gasteiger partial charge < -0.3 is 20.3 Å². The number of carbonyl (C=O) groups is 1. The van der Waals surface area contributed by atoms with E-state index in [1.54, 1.807) is 14.0 Å². The number of amides is 1. The van der Waals surface area contributed by atoms with Gasteiger partial charge in [-0.05, 0) is 17.7 Å². The van der Waals surface area contributed by atoms with Crippen LogP contribution in [-0.4, -0.2) is 30.8 Å². The molecule has 1 aromatic carbocycles. The summed E-state index contributed by atoms with van der Waals surface area (Å²) in [6.45, 7) is 4.27. The van der Waals surface area contributed by atoms with Crippen molar-refractivity contribution in [2.24, 2.45) is 17.6 Å². The summed E-state index contributed by atoms with van der Waals surface area (Å²) < 4.78 is 10.6. The summed E-state index contributed by atoms with van der Waals surface area (Å²) >= 11 is 0. The molecule has 3 N–H and O–H groups in total. The highest BCUT2D eigenvalue weighted by Gasteiger charge is 2.25. The van der Waals surface area contributed by atoms with E-state index in [4.69, 9.17) is 15.2 Å². The molecule has 0 saturated carbocycles. The third kappa shape index (κ3) is 4.83. The van der Waals surface area contributed by atoms with Gasteiger partial charge in [-0.3, -0.25) is 4.79 Å². The van der Waals surface area contributed by atoms with Crippen molar-refractivity contribution in [3.63, 3.8) is 0 Å². The first-order valence-electron chi connectivity index (χ1n) is 6.63. The van der Waals surface area contributed by atoms with E-state index in [-0.39, 0.29) is 5.92 Å². The van der Waals surface area contributed by atoms with E-state index < -0.39 is 17.9 Å². The Kier molecular flexibility index (Phi) is 6.48. The van der Waals surface area contributed by atoms with E-state index in [0.717, 1.165) is 11.3 Å². The molecule has 0 bridgehead atoms. The van der Waals surface area contributed by atoms with Crippen molar-refractivity contribution in [2.75, 3.05) is 13.7 Å². The summed E-state index contributed by atoms with van der Waals surface area (Å²) in [5.74, 6) is -0.433. The van der Waals surface area contributed by atoms with Gasteiger partial charge in [-0.15, -0.1) is 0 Å². The highest BCUT2D eigenvalue weighted by molar-refractivity contribution is 5.76. The maximum absolute atomic E-state index is 11.0. The maximum Gasteiger partial charge on any atom is 0.222 e. The van der Waals surface area contributed by atoms with Gasteiger partial charge in [0.2, 0.25) is 5.91 Å². The number of hydrogen-bond donors (Lipinski definition) is 2. The molecule has 5 heteroatoms. The second-order valence-electron chi connectivity index (χ2n) is 5.02. The molecule has 0 spiro atoms. The smallest absolute Gasteiger partial charge is 0.222 e. The van der Waals surface area contributed by atoms with Crippen LogP contribution in [0.25, 0.3) is 0 Å². The normalized spacial score (nSPS) is 15.4. The summed E-state index contributed by atoms with van der Waals surface area (Å²) in [7, 11) is 1.62. The molecule has 0 saturated heterocycles. The number of aliphatic hydroxyl groups excluding tert-OH is 1. The fourth-order valence-electron chi connectivity index (χ4n) is 1.84. The molecule has 0 radical (unpaired) electrons. The van der Waals surface area contributed by atoms with Crippen LogP contribution in [0.15, 0.2) is 24.3 Å². The van der Waals surface area contributed by atoms with Crippen LogP contribution in [0.5, 0.6) is 5.75 Å². The molecule has 112 valence electrons. The van der Waals surface area contributed by atoms with E-state index in [2.05, 4.69) is 0 Å². The molecule has 3 unspecified atom stereocenters. The van der Waals surface area contributed by atoms with E-state index in [1.807, 2.05) is 31.2 Å². The zero-order chi connectivity index (χ0) is 15.1. The molecule has 20 heavy (non-hydrogen) atoms. The molecule has 1 amide bonds. The van der Waals surface area contributed by atoms with Gasteiger partial charge in [0, 0.05) is 5.92 Å². The lowest BCUT2D eigenvalue weighted by molar-refractivity contribution is -0.126. The highest BCUT2D eigenvalue weighted by Crippen LogP contribution is 2.15. The van der Waals surface area contributed by atoms with Gasteiger partial charge >= 0.3 is 0 Å². The lowest BCUT2D eigenvalue weighted by Crippen LogP contribution is -2.36. The van der Waals surface area contributed by atoms with Crippen molar-refractivity contribution >= 4 is 5.91 Å². The Morgan fingerprint density at radius 1 is 1.30 bits per heavy atom. The van der Waals surface area contributed by atoms with Crippen LogP contribution < -0.4 is 10.5 Å². The Morgan fingerprint density at radius 3 is 2.40 bits per heavy atom. The zero-order valence-electron chi connectivity index (χ0n) is 12.2. The summed E-state index contributed by atoms with van der Waals surface area (Å²) in [5, 5.41) is 9.92. The Bertz CT molecular complexity index is 418. The summed E-state index contributed by atoms with van der Waals surface area (Å²) in [6.07, 6.45) is -0.789. The van der Waals surface area contributed by atoms with Crippen LogP contribution in [0, 0.1) is 11.8 Å². The molecule has 0 aliphatic heterocycles. The first-order chi connectivity index (χ1) is 9.45. The quantitative estimate of drug-likeness (QED) is 0.753. The summed E-state index contributed by atoms with van der Waals surface area (Å²) in [5.41, 5.74) is 6.19. The molecular formula is C15H23NO4. The van der Waals surface area contributed by atoms with Crippen LogP contribution >= 0.6 is 0 Å². The lowest BCUT2D eigenvalue weighted by Gasteiger charge is -2.22. The van der Waals surface area contributed by atoms with Gasteiger partial charge in [-0.2, -0.15) is 0 Å². The SMILES string of the molecule is COc1ccc(COCC(C)C(O)C(C)C(N)=O)cc1. The molecule has 1 rings (SSSR count). The van der Waals surface area contributed by atoms with Gasteiger partial charge in [0.15, 0.2) is 0 Å². The number of rotatable bonds is 8. The number of hydrogen-bond acceptors (Lipinski definition) is 4. The number of ether oxygens (including phenoxy) is 2. The van der Waals surface area contributed by atoms with Crippen LogP contribution in [0.2, 0.25) is 0 Å². The van der Waals surface area contributed by atoms with Crippen molar-refractivity contribution in [1.29, 1.82) is 0 Å². The monoisotopic (exact) mass is 281 g/mol. The topological polar surface area (TPSA) is 81.8 Å².